The molecule has 0 atom stereocenters. The number of carbonyl (C=O) groups excluding carboxylic acids is 1. The quantitative estimate of drug-likeness (QED) is 0.639. The molecule has 1 aromatic carbocycles. The smallest absolute Gasteiger partial charge is 0.320 e. The summed E-state index contributed by atoms with van der Waals surface area (Å²) in [5.74, 6) is 0.341. The minimum absolute atomic E-state index is 0.00296. The van der Waals surface area contributed by atoms with Crippen LogP contribution in [0.1, 0.15) is 44.1 Å². The number of hydrogen-bond acceptors (Lipinski definition) is 4. The van der Waals surface area contributed by atoms with Crippen LogP contribution in [0.4, 0.5) is 9.18 Å². The number of halogens is 1. The molecular formula is C23H34FN3O3S. The molecule has 1 aromatic rings. The summed E-state index contributed by atoms with van der Waals surface area (Å²) in [6, 6.07) is 6.87. The molecule has 172 valence electrons. The van der Waals surface area contributed by atoms with Gasteiger partial charge in [0, 0.05) is 31.4 Å². The largest absolute Gasteiger partial charge is 0.321 e. The number of amides is 2. The molecule has 31 heavy (non-hydrogen) atoms. The number of benzene rings is 1. The normalized spacial score (nSPS) is 29.4. The minimum atomic E-state index is -3.13. The monoisotopic (exact) mass is 451 g/mol. The summed E-state index contributed by atoms with van der Waals surface area (Å²) < 4.78 is 37.4. The fourth-order valence-corrected chi connectivity index (χ4v) is 6.04. The molecule has 2 aliphatic carbocycles. The molecule has 0 unspecified atom stereocenters. The van der Waals surface area contributed by atoms with Gasteiger partial charge in [-0.1, -0.05) is 12.1 Å². The Morgan fingerprint density at radius 3 is 2.39 bits per heavy atom. The van der Waals surface area contributed by atoms with Crippen LogP contribution < -0.4 is 0 Å². The van der Waals surface area contributed by atoms with Crippen LogP contribution in [0.15, 0.2) is 24.3 Å². The van der Waals surface area contributed by atoms with Gasteiger partial charge in [0.15, 0.2) is 0 Å². The maximum absolute atomic E-state index is 14.0. The minimum Gasteiger partial charge on any atom is -0.321 e. The van der Waals surface area contributed by atoms with Crippen LogP contribution in [0.3, 0.4) is 0 Å². The molecule has 1 aliphatic heterocycles. The first-order chi connectivity index (χ1) is 14.5. The van der Waals surface area contributed by atoms with Gasteiger partial charge in [-0.15, -0.1) is 0 Å². The molecule has 0 N–H and O–H groups in total. The Kier molecular flexibility index (Phi) is 5.83. The average molecular weight is 452 g/mol. The second-order valence-corrected chi connectivity index (χ2v) is 12.3. The van der Waals surface area contributed by atoms with Crippen molar-refractivity contribution in [2.75, 3.05) is 45.7 Å². The summed E-state index contributed by atoms with van der Waals surface area (Å²) in [4.78, 5) is 19.3. The highest BCUT2D eigenvalue weighted by Gasteiger charge is 2.55. The number of rotatable bonds is 7. The Balaban J connectivity index is 1.58. The highest BCUT2D eigenvalue weighted by Crippen LogP contribution is 2.50. The molecule has 1 heterocycles. The lowest BCUT2D eigenvalue weighted by Crippen LogP contribution is -2.55. The third kappa shape index (κ3) is 4.46. The summed E-state index contributed by atoms with van der Waals surface area (Å²) >= 11 is 0. The third-order valence-electron chi connectivity index (χ3n) is 7.65. The van der Waals surface area contributed by atoms with Crippen LogP contribution in [0.2, 0.25) is 0 Å². The average Bonchev–Trinajstić information content (AvgIpc) is 3.49. The maximum atomic E-state index is 14.0. The van der Waals surface area contributed by atoms with Crippen molar-refractivity contribution in [1.82, 2.24) is 14.7 Å². The number of hydrogen-bond donors (Lipinski definition) is 0. The molecule has 3 fully saturated rings. The van der Waals surface area contributed by atoms with Crippen molar-refractivity contribution in [3.63, 3.8) is 0 Å². The van der Waals surface area contributed by atoms with Gasteiger partial charge in [0.25, 0.3) is 0 Å². The molecule has 1 saturated heterocycles. The van der Waals surface area contributed by atoms with E-state index in [0.29, 0.717) is 12.5 Å². The SMILES string of the molecule is CN(C)C1(c2cccc(F)c2)CCC2(CC1)CN(CCS(C)(=O)=O)C(=O)N2CC1CC1. The van der Waals surface area contributed by atoms with E-state index in [-0.39, 0.29) is 35.2 Å². The molecular weight excluding hydrogens is 417 g/mol. The molecule has 8 heteroatoms. The summed E-state index contributed by atoms with van der Waals surface area (Å²) in [6.45, 7) is 1.60. The summed E-state index contributed by atoms with van der Waals surface area (Å²) in [5.41, 5.74) is 0.464. The van der Waals surface area contributed by atoms with Crippen molar-refractivity contribution in [3.8, 4) is 0 Å². The van der Waals surface area contributed by atoms with E-state index in [1.54, 1.807) is 17.0 Å². The van der Waals surface area contributed by atoms with Crippen LogP contribution in [0, 0.1) is 11.7 Å². The van der Waals surface area contributed by atoms with Gasteiger partial charge in [-0.2, -0.15) is 0 Å². The number of sulfone groups is 1. The molecule has 0 radical (unpaired) electrons. The first-order valence-corrected chi connectivity index (χ1v) is 13.3. The van der Waals surface area contributed by atoms with E-state index in [4.69, 9.17) is 0 Å². The third-order valence-corrected chi connectivity index (χ3v) is 8.58. The molecule has 6 nitrogen and oxygen atoms in total. The van der Waals surface area contributed by atoms with E-state index in [2.05, 4.69) is 9.80 Å². The van der Waals surface area contributed by atoms with Crippen LogP contribution >= 0.6 is 0 Å². The van der Waals surface area contributed by atoms with Crippen molar-refractivity contribution in [2.24, 2.45) is 5.92 Å². The van der Waals surface area contributed by atoms with Crippen LogP contribution in [0.5, 0.6) is 0 Å². The maximum Gasteiger partial charge on any atom is 0.320 e. The molecule has 2 saturated carbocycles. The van der Waals surface area contributed by atoms with Crippen molar-refractivity contribution in [3.05, 3.63) is 35.6 Å². The zero-order valence-corrected chi connectivity index (χ0v) is 19.6. The second-order valence-electron chi connectivity index (χ2n) is 10.0. The predicted molar refractivity (Wildman–Crippen MR) is 119 cm³/mol. The molecule has 0 aromatic heterocycles. The van der Waals surface area contributed by atoms with E-state index < -0.39 is 9.84 Å². The highest BCUT2D eigenvalue weighted by atomic mass is 32.2. The second kappa shape index (κ2) is 8.03. The Hall–Kier alpha value is -1.67. The van der Waals surface area contributed by atoms with Crippen LogP contribution in [-0.2, 0) is 15.4 Å². The lowest BCUT2D eigenvalue weighted by atomic mass is 9.68. The van der Waals surface area contributed by atoms with Crippen molar-refractivity contribution >= 4 is 15.9 Å². The fourth-order valence-electron chi connectivity index (χ4n) is 5.49. The zero-order valence-electron chi connectivity index (χ0n) is 18.8. The summed E-state index contributed by atoms with van der Waals surface area (Å²) in [5, 5.41) is 0. The first kappa shape index (κ1) is 22.5. The molecule has 1 spiro atoms. The molecule has 4 rings (SSSR count). The fraction of sp³-hybridized carbons (Fsp3) is 0.696. The Bertz CT molecular complexity index is 937. The molecule has 3 aliphatic rings. The highest BCUT2D eigenvalue weighted by molar-refractivity contribution is 7.90. The summed E-state index contributed by atoms with van der Waals surface area (Å²) in [7, 11) is 0.959. The van der Waals surface area contributed by atoms with Gasteiger partial charge in [-0.25, -0.2) is 17.6 Å². The number of urea groups is 1. The van der Waals surface area contributed by atoms with E-state index in [0.717, 1.165) is 50.6 Å². The standard InChI is InChI=1S/C23H34FN3O3S/c1-25(2)23(19-5-4-6-20(24)15-19)11-9-22(10-12-23)17-26(13-14-31(3,29)30)21(28)27(22)16-18-7-8-18/h4-6,15,18H,7-14,16-17H2,1-3H3. The molecule has 0 bridgehead atoms. The van der Waals surface area contributed by atoms with Crippen LogP contribution in [-0.4, -0.2) is 80.4 Å². The van der Waals surface area contributed by atoms with Crippen LogP contribution in [0.25, 0.3) is 0 Å². The van der Waals surface area contributed by atoms with Gasteiger partial charge in [0.05, 0.1) is 11.3 Å². The van der Waals surface area contributed by atoms with E-state index >= 15 is 0 Å². The Morgan fingerprint density at radius 1 is 1.16 bits per heavy atom. The first-order valence-electron chi connectivity index (χ1n) is 11.2. The van der Waals surface area contributed by atoms with Gasteiger partial charge >= 0.3 is 6.03 Å². The number of carbonyl (C=O) groups is 1. The van der Waals surface area contributed by atoms with Crippen molar-refractivity contribution in [2.45, 2.75) is 49.6 Å². The van der Waals surface area contributed by atoms with Gasteiger partial charge in [-0.3, -0.25) is 4.90 Å². The summed E-state index contributed by atoms with van der Waals surface area (Å²) in [6.07, 6.45) is 6.86. The number of nitrogens with zero attached hydrogens (tertiary/aromatic N) is 3. The van der Waals surface area contributed by atoms with Crippen molar-refractivity contribution < 1.29 is 17.6 Å². The van der Waals surface area contributed by atoms with E-state index in [1.807, 2.05) is 20.2 Å². The zero-order chi connectivity index (χ0) is 22.4. The topological polar surface area (TPSA) is 60.9 Å². The molecule has 2 amide bonds. The van der Waals surface area contributed by atoms with Gasteiger partial charge in [-0.05, 0) is 76.2 Å². The van der Waals surface area contributed by atoms with E-state index in [1.165, 1.54) is 12.3 Å². The van der Waals surface area contributed by atoms with Crippen molar-refractivity contribution in [1.29, 1.82) is 0 Å². The lowest BCUT2D eigenvalue weighted by molar-refractivity contribution is 0.0232. The Morgan fingerprint density at radius 2 is 1.84 bits per heavy atom. The van der Waals surface area contributed by atoms with Gasteiger partial charge in [0.1, 0.15) is 15.7 Å². The Labute approximate surface area is 185 Å². The van der Waals surface area contributed by atoms with Gasteiger partial charge < -0.3 is 9.80 Å². The van der Waals surface area contributed by atoms with E-state index in [9.17, 15) is 17.6 Å². The lowest BCUT2D eigenvalue weighted by Gasteiger charge is -2.51. The van der Waals surface area contributed by atoms with Gasteiger partial charge in [0.2, 0.25) is 0 Å². The predicted octanol–water partition coefficient (Wildman–Crippen LogP) is 3.09.